The van der Waals surface area contributed by atoms with Gasteiger partial charge < -0.3 is 4.52 Å². The molecule has 0 saturated heterocycles. The van der Waals surface area contributed by atoms with E-state index in [-0.39, 0.29) is 11.7 Å². The van der Waals surface area contributed by atoms with Crippen LogP contribution in [0.5, 0.6) is 0 Å². The predicted molar refractivity (Wildman–Crippen MR) is 68.0 cm³/mol. The quantitative estimate of drug-likeness (QED) is 0.720. The van der Waals surface area contributed by atoms with E-state index in [1.54, 1.807) is 24.5 Å². The number of alkyl halides is 3. The van der Waals surface area contributed by atoms with Crippen molar-refractivity contribution in [3.05, 3.63) is 54.4 Å². The number of rotatable bonds is 2. The van der Waals surface area contributed by atoms with Crippen molar-refractivity contribution in [3.63, 3.8) is 0 Å². The third-order valence-electron chi connectivity index (χ3n) is 2.82. The van der Waals surface area contributed by atoms with Crippen LogP contribution in [0.15, 0.2) is 53.3 Å². The van der Waals surface area contributed by atoms with E-state index >= 15 is 0 Å². The minimum absolute atomic E-state index is 0.232. The zero-order valence-corrected chi connectivity index (χ0v) is 10.5. The largest absolute Gasteiger partial charge is 0.416 e. The second-order valence-electron chi connectivity index (χ2n) is 4.23. The molecule has 3 rings (SSSR count). The molecule has 0 unspecified atom stereocenters. The van der Waals surface area contributed by atoms with Gasteiger partial charge in [-0.3, -0.25) is 4.98 Å². The minimum atomic E-state index is -4.36. The Morgan fingerprint density at radius 2 is 1.52 bits per heavy atom. The van der Waals surface area contributed by atoms with Gasteiger partial charge in [-0.05, 0) is 24.3 Å². The van der Waals surface area contributed by atoms with Crippen LogP contribution >= 0.6 is 0 Å². The molecule has 4 nitrogen and oxygen atoms in total. The molecule has 0 aliphatic heterocycles. The molecule has 0 atom stereocenters. The number of benzene rings is 1. The van der Waals surface area contributed by atoms with Gasteiger partial charge in [0.15, 0.2) is 0 Å². The van der Waals surface area contributed by atoms with Gasteiger partial charge in [0.1, 0.15) is 0 Å². The van der Waals surface area contributed by atoms with Crippen LogP contribution in [-0.4, -0.2) is 15.1 Å². The average molecular weight is 291 g/mol. The van der Waals surface area contributed by atoms with Crippen molar-refractivity contribution < 1.29 is 17.7 Å². The highest BCUT2D eigenvalue weighted by atomic mass is 19.4. The van der Waals surface area contributed by atoms with Gasteiger partial charge in [0.2, 0.25) is 5.82 Å². The van der Waals surface area contributed by atoms with Crippen molar-refractivity contribution >= 4 is 0 Å². The molecule has 0 aliphatic rings. The molecule has 0 radical (unpaired) electrons. The molecule has 0 aliphatic carbocycles. The van der Waals surface area contributed by atoms with Crippen LogP contribution < -0.4 is 0 Å². The van der Waals surface area contributed by atoms with Gasteiger partial charge in [-0.1, -0.05) is 17.3 Å². The van der Waals surface area contributed by atoms with E-state index < -0.39 is 11.7 Å². The predicted octanol–water partition coefficient (Wildman–Crippen LogP) is 3.82. The summed E-state index contributed by atoms with van der Waals surface area (Å²) in [6.07, 6.45) is -1.20. The van der Waals surface area contributed by atoms with Crippen molar-refractivity contribution in [1.82, 2.24) is 15.1 Å². The first-order valence-corrected chi connectivity index (χ1v) is 5.96. The summed E-state index contributed by atoms with van der Waals surface area (Å²) in [6.45, 7) is 0. The summed E-state index contributed by atoms with van der Waals surface area (Å²) in [4.78, 5) is 8.03. The Labute approximate surface area is 117 Å². The number of hydrogen-bond donors (Lipinski definition) is 0. The lowest BCUT2D eigenvalue weighted by atomic mass is 10.1. The molecular formula is C14H8F3N3O. The molecule has 3 aromatic rings. The van der Waals surface area contributed by atoms with Crippen molar-refractivity contribution in [1.29, 1.82) is 0 Å². The molecule has 0 saturated carbocycles. The standard InChI is InChI=1S/C14H8F3N3O/c15-14(16,17)11-3-1-9(2-4-11)12-19-13(21-20-12)10-5-7-18-8-6-10/h1-8H. The number of aromatic nitrogens is 3. The summed E-state index contributed by atoms with van der Waals surface area (Å²) in [5.41, 5.74) is 0.423. The van der Waals surface area contributed by atoms with Crippen molar-refractivity contribution in [2.24, 2.45) is 0 Å². The first-order chi connectivity index (χ1) is 10.0. The highest BCUT2D eigenvalue weighted by Crippen LogP contribution is 2.30. The summed E-state index contributed by atoms with van der Waals surface area (Å²) in [7, 11) is 0. The van der Waals surface area contributed by atoms with Gasteiger partial charge >= 0.3 is 6.18 Å². The number of pyridine rings is 1. The molecule has 0 amide bonds. The van der Waals surface area contributed by atoms with Crippen LogP contribution in [0, 0.1) is 0 Å². The molecule has 106 valence electrons. The third kappa shape index (κ3) is 2.76. The van der Waals surface area contributed by atoms with E-state index in [0.717, 1.165) is 12.1 Å². The monoisotopic (exact) mass is 291 g/mol. The maximum absolute atomic E-state index is 12.5. The van der Waals surface area contributed by atoms with Gasteiger partial charge in [0.25, 0.3) is 5.89 Å². The molecule has 2 aromatic heterocycles. The maximum atomic E-state index is 12.5. The fourth-order valence-corrected chi connectivity index (χ4v) is 1.76. The van der Waals surface area contributed by atoms with E-state index in [1.165, 1.54) is 12.1 Å². The normalized spacial score (nSPS) is 11.6. The van der Waals surface area contributed by atoms with Gasteiger partial charge in [-0.2, -0.15) is 18.2 Å². The molecule has 0 spiro atoms. The van der Waals surface area contributed by atoms with E-state index in [4.69, 9.17) is 4.52 Å². The summed E-state index contributed by atoms with van der Waals surface area (Å²) in [6, 6.07) is 7.98. The number of nitrogens with zero attached hydrogens (tertiary/aromatic N) is 3. The molecule has 0 fully saturated rings. The third-order valence-corrected chi connectivity index (χ3v) is 2.82. The molecular weight excluding hydrogens is 283 g/mol. The Bertz CT molecular complexity index is 736. The minimum Gasteiger partial charge on any atom is -0.334 e. The van der Waals surface area contributed by atoms with E-state index in [9.17, 15) is 13.2 Å². The maximum Gasteiger partial charge on any atom is 0.416 e. The topological polar surface area (TPSA) is 51.8 Å². The lowest BCUT2D eigenvalue weighted by molar-refractivity contribution is -0.137. The second kappa shape index (κ2) is 5.01. The summed E-state index contributed by atoms with van der Waals surface area (Å²) >= 11 is 0. The van der Waals surface area contributed by atoms with E-state index in [0.29, 0.717) is 11.1 Å². The van der Waals surface area contributed by atoms with E-state index in [1.807, 2.05) is 0 Å². The summed E-state index contributed by atoms with van der Waals surface area (Å²) in [5.74, 6) is 0.517. The van der Waals surface area contributed by atoms with Crippen LogP contribution in [0.25, 0.3) is 22.8 Å². The highest BCUT2D eigenvalue weighted by molar-refractivity contribution is 5.59. The van der Waals surface area contributed by atoms with Crippen LogP contribution in [0.1, 0.15) is 5.56 Å². The Kier molecular flexibility index (Phi) is 3.17. The second-order valence-corrected chi connectivity index (χ2v) is 4.23. The van der Waals surface area contributed by atoms with Gasteiger partial charge in [-0.25, -0.2) is 0 Å². The zero-order valence-electron chi connectivity index (χ0n) is 10.5. The SMILES string of the molecule is FC(F)(F)c1ccc(-c2noc(-c3ccncc3)n2)cc1. The van der Waals surface area contributed by atoms with Gasteiger partial charge in [-0.15, -0.1) is 0 Å². The van der Waals surface area contributed by atoms with Crippen LogP contribution in [0.4, 0.5) is 13.2 Å². The van der Waals surface area contributed by atoms with Crippen molar-refractivity contribution in [2.75, 3.05) is 0 Å². The van der Waals surface area contributed by atoms with Crippen LogP contribution in [-0.2, 0) is 6.18 Å². The first-order valence-electron chi connectivity index (χ1n) is 5.96. The fourth-order valence-electron chi connectivity index (χ4n) is 1.76. The number of halogens is 3. The van der Waals surface area contributed by atoms with E-state index in [2.05, 4.69) is 15.1 Å². The Balaban J connectivity index is 1.90. The lowest BCUT2D eigenvalue weighted by Crippen LogP contribution is -2.04. The fraction of sp³-hybridized carbons (Fsp3) is 0.0714. The molecule has 0 N–H and O–H groups in total. The molecule has 0 bridgehead atoms. The molecule has 7 heteroatoms. The van der Waals surface area contributed by atoms with Gasteiger partial charge in [0, 0.05) is 23.5 Å². The smallest absolute Gasteiger partial charge is 0.334 e. The summed E-state index contributed by atoms with van der Waals surface area (Å²) in [5, 5.41) is 3.77. The average Bonchev–Trinajstić information content (AvgIpc) is 2.97. The molecule has 1 aromatic carbocycles. The van der Waals surface area contributed by atoms with Crippen molar-refractivity contribution in [2.45, 2.75) is 6.18 Å². The van der Waals surface area contributed by atoms with Crippen LogP contribution in [0.3, 0.4) is 0 Å². The lowest BCUT2D eigenvalue weighted by Gasteiger charge is -2.05. The number of hydrogen-bond acceptors (Lipinski definition) is 4. The zero-order chi connectivity index (χ0) is 14.9. The highest BCUT2D eigenvalue weighted by Gasteiger charge is 2.30. The summed E-state index contributed by atoms with van der Waals surface area (Å²) < 4.78 is 42.6. The molecule has 21 heavy (non-hydrogen) atoms. The Morgan fingerprint density at radius 3 is 2.14 bits per heavy atom. The Hall–Kier alpha value is -2.70. The Morgan fingerprint density at radius 1 is 0.857 bits per heavy atom. The van der Waals surface area contributed by atoms with Gasteiger partial charge in [0.05, 0.1) is 5.56 Å². The van der Waals surface area contributed by atoms with Crippen molar-refractivity contribution in [3.8, 4) is 22.8 Å². The molecule has 2 heterocycles. The first kappa shape index (κ1) is 13.3. The van der Waals surface area contributed by atoms with Crippen LogP contribution in [0.2, 0.25) is 0 Å².